The Kier molecular flexibility index (Phi) is 6.10. The monoisotopic (exact) mass is 401 g/mol. The molecule has 1 heterocycles. The molecule has 2 amide bonds. The number of aromatic nitrogens is 1. The number of nitrogens with one attached hydrogen (secondary N) is 1. The summed E-state index contributed by atoms with van der Waals surface area (Å²) in [6, 6.07) is 11.4. The average molecular weight is 401 g/mol. The zero-order valence-corrected chi connectivity index (χ0v) is 15.8. The first kappa shape index (κ1) is 19.6. The lowest BCUT2D eigenvalue weighted by molar-refractivity contribution is -0.121. The molecule has 0 aliphatic heterocycles. The molecule has 0 atom stereocenters. The summed E-state index contributed by atoms with van der Waals surface area (Å²) in [6.07, 6.45) is 0. The summed E-state index contributed by atoms with van der Waals surface area (Å²) in [4.78, 5) is 28.8. The van der Waals surface area contributed by atoms with Crippen LogP contribution >= 0.6 is 11.3 Å². The largest absolute Gasteiger partial charge is 0.350 e. The van der Waals surface area contributed by atoms with Gasteiger partial charge in [-0.1, -0.05) is 24.3 Å². The summed E-state index contributed by atoms with van der Waals surface area (Å²) in [5.41, 5.74) is 1.39. The minimum Gasteiger partial charge on any atom is -0.350 e. The molecule has 5 nitrogen and oxygen atoms in total. The number of hydrogen-bond donors (Lipinski definition) is 1. The number of carbonyl (C=O) groups is 2. The van der Waals surface area contributed by atoms with Crippen LogP contribution in [0.15, 0.2) is 58.9 Å². The minimum absolute atomic E-state index is 0.0418. The predicted octanol–water partition coefficient (Wildman–Crippen LogP) is 3.19. The summed E-state index contributed by atoms with van der Waals surface area (Å²) in [5, 5.41) is 4.51. The number of carbonyl (C=O) groups excluding carboxylic acids is 2. The molecule has 0 aliphatic rings. The van der Waals surface area contributed by atoms with Gasteiger partial charge < -0.3 is 9.88 Å². The lowest BCUT2D eigenvalue weighted by Crippen LogP contribution is -2.31. The van der Waals surface area contributed by atoms with Crippen LogP contribution in [0.25, 0.3) is 0 Å². The van der Waals surface area contributed by atoms with Gasteiger partial charge in [-0.3, -0.25) is 9.59 Å². The first-order chi connectivity index (χ1) is 13.4. The molecule has 0 saturated carbocycles. The van der Waals surface area contributed by atoms with E-state index in [0.717, 1.165) is 11.3 Å². The van der Waals surface area contributed by atoms with E-state index in [1.54, 1.807) is 35.1 Å². The average Bonchev–Trinajstić information content (AvgIpc) is 3.01. The number of nitrogens with zero attached hydrogens (tertiary/aromatic N) is 2. The van der Waals surface area contributed by atoms with Crippen molar-refractivity contribution < 1.29 is 18.4 Å². The molecule has 1 N–H and O–H groups in total. The molecule has 3 rings (SSSR count). The van der Waals surface area contributed by atoms with E-state index >= 15 is 0 Å². The van der Waals surface area contributed by atoms with Crippen molar-refractivity contribution in [2.45, 2.75) is 20.0 Å². The lowest BCUT2D eigenvalue weighted by Gasteiger charge is -2.08. The number of benzene rings is 2. The molecule has 1 aromatic heterocycles. The molecule has 0 fully saturated rings. The second-order valence-electron chi connectivity index (χ2n) is 6.05. The SMILES string of the molecule is Cc1csc(=NC(=O)c2ccccc2F)n1CC(=O)NCc1ccc(F)cc1. The van der Waals surface area contributed by atoms with Crippen molar-refractivity contribution in [1.82, 2.24) is 9.88 Å². The van der Waals surface area contributed by atoms with Crippen LogP contribution in [-0.4, -0.2) is 16.4 Å². The maximum Gasteiger partial charge on any atom is 0.282 e. The molecule has 3 aromatic rings. The van der Waals surface area contributed by atoms with Crippen molar-refractivity contribution in [1.29, 1.82) is 0 Å². The van der Waals surface area contributed by atoms with Crippen molar-refractivity contribution in [2.75, 3.05) is 0 Å². The van der Waals surface area contributed by atoms with Crippen LogP contribution in [-0.2, 0) is 17.9 Å². The molecule has 0 bridgehead atoms. The molecular formula is C20H17F2N3O2S. The highest BCUT2D eigenvalue weighted by molar-refractivity contribution is 7.07. The van der Waals surface area contributed by atoms with Gasteiger partial charge in [-0.2, -0.15) is 4.99 Å². The van der Waals surface area contributed by atoms with E-state index in [1.807, 2.05) is 0 Å². The molecule has 2 aromatic carbocycles. The normalized spacial score (nSPS) is 11.5. The van der Waals surface area contributed by atoms with Gasteiger partial charge in [-0.05, 0) is 36.8 Å². The summed E-state index contributed by atoms with van der Waals surface area (Å²) < 4.78 is 28.3. The number of halogens is 2. The molecule has 0 unspecified atom stereocenters. The van der Waals surface area contributed by atoms with Crippen LogP contribution in [0.5, 0.6) is 0 Å². The topological polar surface area (TPSA) is 63.5 Å². The van der Waals surface area contributed by atoms with E-state index in [0.29, 0.717) is 4.80 Å². The van der Waals surface area contributed by atoms with E-state index in [2.05, 4.69) is 10.3 Å². The zero-order valence-electron chi connectivity index (χ0n) is 15.0. The van der Waals surface area contributed by atoms with Crippen LogP contribution in [0.4, 0.5) is 8.78 Å². The minimum atomic E-state index is -0.708. The fourth-order valence-corrected chi connectivity index (χ4v) is 3.35. The van der Waals surface area contributed by atoms with Crippen molar-refractivity contribution in [3.8, 4) is 0 Å². The molecule has 0 saturated heterocycles. The summed E-state index contributed by atoms with van der Waals surface area (Å²) in [5.74, 6) is -1.98. The predicted molar refractivity (Wildman–Crippen MR) is 102 cm³/mol. The van der Waals surface area contributed by atoms with Crippen molar-refractivity contribution in [2.24, 2.45) is 4.99 Å². The van der Waals surface area contributed by atoms with E-state index in [9.17, 15) is 18.4 Å². The number of aryl methyl sites for hydroxylation is 1. The number of amides is 2. The van der Waals surface area contributed by atoms with Gasteiger partial charge in [0.1, 0.15) is 18.2 Å². The van der Waals surface area contributed by atoms with E-state index in [1.165, 1.54) is 41.7 Å². The van der Waals surface area contributed by atoms with Gasteiger partial charge >= 0.3 is 0 Å². The van der Waals surface area contributed by atoms with Crippen LogP contribution in [0.2, 0.25) is 0 Å². The van der Waals surface area contributed by atoms with E-state index in [-0.39, 0.29) is 30.4 Å². The van der Waals surface area contributed by atoms with Gasteiger partial charge in [0.15, 0.2) is 4.80 Å². The molecule has 8 heteroatoms. The van der Waals surface area contributed by atoms with E-state index < -0.39 is 11.7 Å². The smallest absolute Gasteiger partial charge is 0.282 e. The second-order valence-corrected chi connectivity index (χ2v) is 6.88. The molecule has 0 aliphatic carbocycles. The quantitative estimate of drug-likeness (QED) is 0.714. The Morgan fingerprint density at radius 2 is 1.82 bits per heavy atom. The van der Waals surface area contributed by atoms with Gasteiger partial charge in [-0.15, -0.1) is 11.3 Å². The first-order valence-electron chi connectivity index (χ1n) is 8.43. The lowest BCUT2D eigenvalue weighted by atomic mass is 10.2. The highest BCUT2D eigenvalue weighted by Crippen LogP contribution is 2.08. The van der Waals surface area contributed by atoms with Crippen molar-refractivity contribution in [3.05, 3.63) is 87.2 Å². The fraction of sp³-hybridized carbons (Fsp3) is 0.150. The number of rotatable bonds is 5. The van der Waals surface area contributed by atoms with Crippen molar-refractivity contribution in [3.63, 3.8) is 0 Å². The number of hydrogen-bond acceptors (Lipinski definition) is 3. The fourth-order valence-electron chi connectivity index (χ4n) is 2.48. The standard InChI is InChI=1S/C20H17F2N3O2S/c1-13-12-28-20(24-19(27)16-4-2-3-5-17(16)22)25(13)11-18(26)23-10-14-6-8-15(21)9-7-14/h2-9,12H,10-11H2,1H3,(H,23,26). The van der Waals surface area contributed by atoms with E-state index in [4.69, 9.17) is 0 Å². The maximum absolute atomic E-state index is 13.8. The summed E-state index contributed by atoms with van der Waals surface area (Å²) >= 11 is 1.19. The molecule has 144 valence electrons. The Morgan fingerprint density at radius 1 is 1.11 bits per heavy atom. The Labute approximate surface area is 164 Å². The third-order valence-electron chi connectivity index (χ3n) is 4.00. The van der Waals surface area contributed by atoms with Gasteiger partial charge in [-0.25, -0.2) is 8.78 Å². The van der Waals surface area contributed by atoms with Gasteiger partial charge in [0.25, 0.3) is 5.91 Å². The van der Waals surface area contributed by atoms with Gasteiger partial charge in [0, 0.05) is 17.6 Å². The Hall–Kier alpha value is -3.13. The first-order valence-corrected chi connectivity index (χ1v) is 9.31. The van der Waals surface area contributed by atoms with Crippen LogP contribution < -0.4 is 10.1 Å². The molecule has 28 heavy (non-hydrogen) atoms. The van der Waals surface area contributed by atoms with Crippen LogP contribution in [0.3, 0.4) is 0 Å². The van der Waals surface area contributed by atoms with Crippen LogP contribution in [0.1, 0.15) is 21.6 Å². The van der Waals surface area contributed by atoms with Gasteiger partial charge in [0.2, 0.25) is 5.91 Å². The Bertz CT molecular complexity index is 1070. The number of thiazole rings is 1. The van der Waals surface area contributed by atoms with Gasteiger partial charge in [0.05, 0.1) is 5.56 Å². The zero-order chi connectivity index (χ0) is 20.1. The highest BCUT2D eigenvalue weighted by Gasteiger charge is 2.12. The molecule has 0 spiro atoms. The van der Waals surface area contributed by atoms with Crippen LogP contribution in [0, 0.1) is 18.6 Å². The Balaban J connectivity index is 1.73. The summed E-state index contributed by atoms with van der Waals surface area (Å²) in [7, 11) is 0. The third-order valence-corrected chi connectivity index (χ3v) is 4.98. The van der Waals surface area contributed by atoms with Crippen molar-refractivity contribution >= 4 is 23.2 Å². The maximum atomic E-state index is 13.8. The second kappa shape index (κ2) is 8.71. The molecule has 0 radical (unpaired) electrons. The molecular weight excluding hydrogens is 384 g/mol. The highest BCUT2D eigenvalue weighted by atomic mass is 32.1. The Morgan fingerprint density at radius 3 is 2.54 bits per heavy atom. The third kappa shape index (κ3) is 4.77. The summed E-state index contributed by atoms with van der Waals surface area (Å²) in [6.45, 7) is 2.00.